The lowest BCUT2D eigenvalue weighted by Gasteiger charge is -2.24. The molecular formula is C62H121NO5. The van der Waals surface area contributed by atoms with Gasteiger partial charge in [-0.1, -0.05) is 296 Å². The van der Waals surface area contributed by atoms with E-state index in [4.69, 9.17) is 4.74 Å². The predicted molar refractivity (Wildman–Crippen MR) is 297 cm³/mol. The lowest BCUT2D eigenvalue weighted by atomic mass is 10.0. The number of esters is 1. The summed E-state index contributed by atoms with van der Waals surface area (Å²) in [5.41, 5.74) is 0. The minimum absolute atomic E-state index is 0.0827. The molecule has 3 atom stereocenters. The van der Waals surface area contributed by atoms with Gasteiger partial charge in [0.25, 0.3) is 0 Å². The second-order valence-electron chi connectivity index (χ2n) is 21.5. The van der Waals surface area contributed by atoms with Crippen LogP contribution in [-0.4, -0.2) is 46.9 Å². The summed E-state index contributed by atoms with van der Waals surface area (Å²) in [6.45, 7) is 6.54. The third kappa shape index (κ3) is 51.0. The molecule has 0 aromatic heterocycles. The molecule has 0 saturated carbocycles. The molecule has 0 spiro atoms. The maximum Gasteiger partial charge on any atom is 0.306 e. The van der Waals surface area contributed by atoms with E-state index >= 15 is 0 Å². The smallest absolute Gasteiger partial charge is 0.306 e. The first-order chi connectivity index (χ1) is 33.5. The number of carbonyl (C=O) groups excluding carboxylic acids is 2. The lowest BCUT2D eigenvalue weighted by Crippen LogP contribution is -2.46. The van der Waals surface area contributed by atoms with Crippen LogP contribution in [0.15, 0.2) is 12.2 Å². The molecule has 1 amide bonds. The first-order valence-corrected chi connectivity index (χ1v) is 30.9. The SMILES string of the molecule is CCCCCCCCC/C=C/CCCCCCCC(=O)OC(CCCCCCCCCCCCCCCCCCC)CC(=O)NC(CO)C(O)CCCCCCCCCCCCCCCCCC. The quantitative estimate of drug-likeness (QED) is 0.0321. The number of nitrogens with one attached hydrogen (secondary N) is 1. The average molecular weight is 961 g/mol. The lowest BCUT2D eigenvalue weighted by molar-refractivity contribution is -0.151. The molecule has 3 N–H and O–H groups in total. The number of ether oxygens (including phenoxy) is 1. The monoisotopic (exact) mass is 960 g/mol. The zero-order valence-electron chi connectivity index (χ0n) is 46.3. The van der Waals surface area contributed by atoms with Gasteiger partial charge in [-0.3, -0.25) is 9.59 Å². The maximum absolute atomic E-state index is 13.3. The highest BCUT2D eigenvalue weighted by Gasteiger charge is 2.24. The third-order valence-electron chi connectivity index (χ3n) is 14.6. The largest absolute Gasteiger partial charge is 0.462 e. The molecule has 3 unspecified atom stereocenters. The second kappa shape index (κ2) is 56.5. The Balaban J connectivity index is 4.50. The van der Waals surface area contributed by atoms with Crippen LogP contribution in [0.5, 0.6) is 0 Å². The topological polar surface area (TPSA) is 95.9 Å². The van der Waals surface area contributed by atoms with Gasteiger partial charge in [-0.25, -0.2) is 0 Å². The molecule has 0 aromatic rings. The molecule has 0 saturated heterocycles. The summed E-state index contributed by atoms with van der Waals surface area (Å²) in [6, 6.07) is -0.698. The minimum Gasteiger partial charge on any atom is -0.462 e. The normalized spacial score (nSPS) is 13.1. The van der Waals surface area contributed by atoms with Crippen molar-refractivity contribution in [2.75, 3.05) is 6.61 Å². The number of hydrogen-bond donors (Lipinski definition) is 3. The van der Waals surface area contributed by atoms with Crippen LogP contribution in [0.25, 0.3) is 0 Å². The van der Waals surface area contributed by atoms with Gasteiger partial charge in [0.1, 0.15) is 6.10 Å². The Kier molecular flexibility index (Phi) is 55.3. The minimum atomic E-state index is -0.785. The van der Waals surface area contributed by atoms with Crippen LogP contribution in [0.4, 0.5) is 0 Å². The number of aliphatic hydroxyl groups is 2. The standard InChI is InChI=1S/C62H121NO5/c1-4-7-10-13-16-19-22-25-28-31-32-35-38-41-44-47-50-53-58(68-62(67)55-52-49-46-43-40-37-34-30-27-24-21-18-15-12-9-6-3)56-61(66)63-59(57-64)60(65)54-51-48-45-42-39-36-33-29-26-23-20-17-14-11-8-5-2/h30,34,58-60,64-65H,4-29,31-33,35-57H2,1-3H3,(H,63,66)/b34-30+. The number of hydrogen-bond acceptors (Lipinski definition) is 5. The van der Waals surface area contributed by atoms with E-state index in [9.17, 15) is 19.8 Å². The van der Waals surface area contributed by atoms with Crippen LogP contribution in [-0.2, 0) is 14.3 Å². The van der Waals surface area contributed by atoms with Crippen molar-refractivity contribution in [3.63, 3.8) is 0 Å². The van der Waals surface area contributed by atoms with E-state index in [1.54, 1.807) is 0 Å². The molecule has 0 aliphatic rings. The van der Waals surface area contributed by atoms with Crippen molar-refractivity contribution in [2.45, 2.75) is 366 Å². The van der Waals surface area contributed by atoms with Crippen molar-refractivity contribution in [3.8, 4) is 0 Å². The molecule has 68 heavy (non-hydrogen) atoms. The van der Waals surface area contributed by atoms with Gasteiger partial charge < -0.3 is 20.3 Å². The number of amides is 1. The molecule has 6 heteroatoms. The summed E-state index contributed by atoms with van der Waals surface area (Å²) in [4.78, 5) is 26.3. The number of rotatable bonds is 57. The van der Waals surface area contributed by atoms with Gasteiger partial charge in [-0.15, -0.1) is 0 Å². The summed E-state index contributed by atoms with van der Waals surface area (Å²) >= 11 is 0. The van der Waals surface area contributed by atoms with Crippen LogP contribution in [0.2, 0.25) is 0 Å². The van der Waals surface area contributed by atoms with Crippen LogP contribution >= 0.6 is 0 Å². The van der Waals surface area contributed by atoms with Gasteiger partial charge in [0, 0.05) is 6.42 Å². The fraction of sp³-hybridized carbons (Fsp3) is 0.935. The van der Waals surface area contributed by atoms with E-state index in [2.05, 4.69) is 38.2 Å². The fourth-order valence-electron chi connectivity index (χ4n) is 9.90. The Morgan fingerprint density at radius 2 is 0.706 bits per heavy atom. The van der Waals surface area contributed by atoms with Crippen molar-refractivity contribution in [2.24, 2.45) is 0 Å². The number of unbranched alkanes of at least 4 members (excludes halogenated alkanes) is 43. The Morgan fingerprint density at radius 3 is 1.04 bits per heavy atom. The van der Waals surface area contributed by atoms with Crippen LogP contribution in [0, 0.1) is 0 Å². The average Bonchev–Trinajstić information content (AvgIpc) is 3.33. The van der Waals surface area contributed by atoms with Crippen molar-refractivity contribution >= 4 is 11.9 Å². The van der Waals surface area contributed by atoms with Gasteiger partial charge in [0.05, 0.1) is 25.2 Å². The zero-order valence-corrected chi connectivity index (χ0v) is 46.3. The number of allylic oxidation sites excluding steroid dienone is 2. The van der Waals surface area contributed by atoms with Crippen molar-refractivity contribution < 1.29 is 24.5 Å². The summed E-state index contributed by atoms with van der Waals surface area (Å²) in [7, 11) is 0. The molecule has 6 nitrogen and oxygen atoms in total. The predicted octanol–water partition coefficient (Wildman–Crippen LogP) is 19.2. The molecule has 0 heterocycles. The van der Waals surface area contributed by atoms with E-state index in [0.29, 0.717) is 19.3 Å². The van der Waals surface area contributed by atoms with Crippen molar-refractivity contribution in [1.82, 2.24) is 5.32 Å². The first-order valence-electron chi connectivity index (χ1n) is 30.9. The van der Waals surface area contributed by atoms with E-state index in [1.165, 1.54) is 250 Å². The summed E-state index contributed by atoms with van der Waals surface area (Å²) in [5.74, 6) is -0.457. The van der Waals surface area contributed by atoms with Crippen molar-refractivity contribution in [3.05, 3.63) is 12.2 Å². The highest BCUT2D eigenvalue weighted by Crippen LogP contribution is 2.19. The van der Waals surface area contributed by atoms with Crippen LogP contribution in [0.1, 0.15) is 348 Å². The van der Waals surface area contributed by atoms with Gasteiger partial charge in [-0.05, 0) is 51.4 Å². The maximum atomic E-state index is 13.3. The number of carbonyl (C=O) groups is 2. The number of aliphatic hydroxyl groups excluding tert-OH is 2. The molecule has 0 aliphatic carbocycles. The van der Waals surface area contributed by atoms with Crippen LogP contribution in [0.3, 0.4) is 0 Å². The van der Waals surface area contributed by atoms with E-state index in [-0.39, 0.29) is 24.9 Å². The molecular weight excluding hydrogens is 839 g/mol. The molecule has 404 valence electrons. The highest BCUT2D eigenvalue weighted by molar-refractivity contribution is 5.77. The zero-order chi connectivity index (χ0) is 49.5. The Morgan fingerprint density at radius 1 is 0.412 bits per heavy atom. The summed E-state index contributed by atoms with van der Waals surface area (Å²) < 4.78 is 5.98. The highest BCUT2D eigenvalue weighted by atomic mass is 16.5. The summed E-state index contributed by atoms with van der Waals surface area (Å²) in [5, 5.41) is 24.0. The second-order valence-corrected chi connectivity index (χ2v) is 21.5. The van der Waals surface area contributed by atoms with Crippen molar-refractivity contribution in [1.29, 1.82) is 0 Å². The van der Waals surface area contributed by atoms with Crippen LogP contribution < -0.4 is 5.32 Å². The molecule has 0 radical (unpaired) electrons. The first kappa shape index (κ1) is 66.6. The molecule has 0 aliphatic heterocycles. The molecule has 0 fully saturated rings. The van der Waals surface area contributed by atoms with Gasteiger partial charge in [0.2, 0.25) is 5.91 Å². The van der Waals surface area contributed by atoms with E-state index < -0.39 is 18.2 Å². The van der Waals surface area contributed by atoms with Gasteiger partial charge >= 0.3 is 5.97 Å². The summed E-state index contributed by atoms with van der Waals surface area (Å²) in [6.07, 6.45) is 65.7. The Hall–Kier alpha value is -1.40. The Bertz CT molecular complexity index is 1030. The Labute approximate surface area is 425 Å². The van der Waals surface area contributed by atoms with Gasteiger partial charge in [0.15, 0.2) is 0 Å². The molecule has 0 bridgehead atoms. The fourth-order valence-corrected chi connectivity index (χ4v) is 9.90. The van der Waals surface area contributed by atoms with E-state index in [1.807, 2.05) is 0 Å². The van der Waals surface area contributed by atoms with Gasteiger partial charge in [-0.2, -0.15) is 0 Å². The molecule has 0 aromatic carbocycles. The molecule has 0 rings (SSSR count). The van der Waals surface area contributed by atoms with E-state index in [0.717, 1.165) is 51.4 Å². The third-order valence-corrected chi connectivity index (χ3v) is 14.6.